The lowest BCUT2D eigenvalue weighted by atomic mass is 10.2. The molecule has 1 N–H and O–H groups in total. The molecule has 3 rings (SSSR count). The van der Waals surface area contributed by atoms with Crippen LogP contribution in [0.15, 0.2) is 58.8 Å². The van der Waals surface area contributed by atoms with Gasteiger partial charge in [-0.25, -0.2) is 8.42 Å². The summed E-state index contributed by atoms with van der Waals surface area (Å²) in [6.07, 6.45) is 3.08. The highest BCUT2D eigenvalue weighted by atomic mass is 32.2. The van der Waals surface area contributed by atoms with Crippen molar-refractivity contribution in [2.75, 3.05) is 39.8 Å². The molecule has 0 saturated carbocycles. The van der Waals surface area contributed by atoms with Crippen LogP contribution in [0.5, 0.6) is 5.75 Å². The molecule has 0 atom stereocenters. The van der Waals surface area contributed by atoms with Gasteiger partial charge in [-0.05, 0) is 6.07 Å². The molecule has 0 unspecified atom stereocenters. The third-order valence-electron chi connectivity index (χ3n) is 4.73. The molecule has 1 saturated heterocycles. The minimum absolute atomic E-state index is 0.155. The number of piperazine rings is 1. The van der Waals surface area contributed by atoms with Crippen LogP contribution < -0.4 is 10.1 Å². The summed E-state index contributed by atoms with van der Waals surface area (Å²) in [4.78, 5) is 6.40. The Kier molecular flexibility index (Phi) is 7.47. The van der Waals surface area contributed by atoms with Gasteiger partial charge in [0.25, 0.3) is 0 Å². The zero-order valence-corrected chi connectivity index (χ0v) is 17.8. The summed E-state index contributed by atoms with van der Waals surface area (Å²) in [5.74, 6) is 1.36. The van der Waals surface area contributed by atoms with E-state index in [1.54, 1.807) is 19.2 Å². The number of para-hydroxylation sites is 1. The lowest BCUT2D eigenvalue weighted by Gasteiger charge is -2.35. The molecule has 0 aliphatic carbocycles. The van der Waals surface area contributed by atoms with Crippen LogP contribution in [0.3, 0.4) is 0 Å². The van der Waals surface area contributed by atoms with Gasteiger partial charge in [-0.3, -0.25) is 4.99 Å². The van der Waals surface area contributed by atoms with Gasteiger partial charge in [0.2, 0.25) is 10.0 Å². The number of hydrogen-bond donors (Lipinski definition) is 1. The molecule has 1 fully saturated rings. The first-order valence-corrected chi connectivity index (χ1v) is 11.3. The summed E-state index contributed by atoms with van der Waals surface area (Å²) in [6.45, 7) is 6.54. The average molecular weight is 434 g/mol. The number of guanidine groups is 1. The highest BCUT2D eigenvalue weighted by molar-refractivity contribution is 7.88. The van der Waals surface area contributed by atoms with E-state index in [9.17, 15) is 8.42 Å². The standard InChI is InChI=1S/C20H27N5O4S/c1-3-13-28-19-7-5-4-6-17(19)15-22-20(21-2)24-9-11-25(12-10-24)30(26,27)16-18-8-14-29-23-18/h3-8,14H,1,9-13,15-16H2,2H3,(H,21,22). The molecule has 1 aliphatic heterocycles. The van der Waals surface area contributed by atoms with E-state index in [0.29, 0.717) is 45.0 Å². The van der Waals surface area contributed by atoms with Crippen LogP contribution in [0, 0.1) is 0 Å². The molecule has 2 heterocycles. The van der Waals surface area contributed by atoms with Gasteiger partial charge in [-0.1, -0.05) is 36.0 Å². The summed E-state index contributed by atoms with van der Waals surface area (Å²) in [5.41, 5.74) is 1.42. The molecule has 9 nitrogen and oxygen atoms in total. The van der Waals surface area contributed by atoms with E-state index < -0.39 is 10.0 Å². The van der Waals surface area contributed by atoms with E-state index in [1.807, 2.05) is 24.3 Å². The maximum Gasteiger partial charge on any atom is 0.220 e. The molecule has 0 radical (unpaired) electrons. The van der Waals surface area contributed by atoms with E-state index >= 15 is 0 Å². The van der Waals surface area contributed by atoms with Crippen LogP contribution >= 0.6 is 0 Å². The highest BCUT2D eigenvalue weighted by Crippen LogP contribution is 2.18. The van der Waals surface area contributed by atoms with Crippen molar-refractivity contribution in [2.45, 2.75) is 12.3 Å². The second-order valence-corrected chi connectivity index (χ2v) is 8.71. The molecule has 162 valence electrons. The lowest BCUT2D eigenvalue weighted by Crippen LogP contribution is -2.53. The predicted molar refractivity (Wildman–Crippen MR) is 115 cm³/mol. The van der Waals surface area contributed by atoms with E-state index in [2.05, 4.69) is 26.9 Å². The first-order chi connectivity index (χ1) is 14.5. The minimum atomic E-state index is -3.43. The zero-order chi connectivity index (χ0) is 21.4. The van der Waals surface area contributed by atoms with Crippen LogP contribution in [0.2, 0.25) is 0 Å². The first kappa shape index (κ1) is 21.8. The number of nitrogens with one attached hydrogen (secondary N) is 1. The quantitative estimate of drug-likeness (QED) is 0.382. The van der Waals surface area contributed by atoms with Crippen molar-refractivity contribution in [1.29, 1.82) is 0 Å². The molecule has 1 aromatic heterocycles. The molecule has 1 aliphatic rings. The summed E-state index contributed by atoms with van der Waals surface area (Å²) in [5, 5.41) is 7.04. The average Bonchev–Trinajstić information content (AvgIpc) is 3.26. The van der Waals surface area contributed by atoms with Crippen molar-refractivity contribution in [3.63, 3.8) is 0 Å². The minimum Gasteiger partial charge on any atom is -0.489 e. The third kappa shape index (κ3) is 5.61. The van der Waals surface area contributed by atoms with E-state index in [1.165, 1.54) is 10.6 Å². The zero-order valence-electron chi connectivity index (χ0n) is 17.0. The Bertz CT molecular complexity index is 951. The van der Waals surface area contributed by atoms with Gasteiger partial charge < -0.3 is 19.5 Å². The van der Waals surface area contributed by atoms with Crippen LogP contribution in [0.1, 0.15) is 11.3 Å². The van der Waals surface area contributed by atoms with Gasteiger partial charge in [0, 0.05) is 51.4 Å². The molecular formula is C20H27N5O4S. The second kappa shape index (κ2) is 10.3. The molecule has 10 heteroatoms. The molecule has 0 amide bonds. The number of nitrogens with zero attached hydrogens (tertiary/aromatic N) is 4. The van der Waals surface area contributed by atoms with Crippen molar-refractivity contribution in [1.82, 2.24) is 19.7 Å². The normalized spacial score (nSPS) is 15.8. The Hall–Kier alpha value is -2.85. The van der Waals surface area contributed by atoms with Crippen molar-refractivity contribution in [3.05, 3.63) is 60.5 Å². The fraction of sp³-hybridized carbons (Fsp3) is 0.400. The van der Waals surface area contributed by atoms with E-state index in [-0.39, 0.29) is 5.75 Å². The second-order valence-electron chi connectivity index (χ2n) is 6.74. The van der Waals surface area contributed by atoms with E-state index in [0.717, 1.165) is 17.3 Å². The summed E-state index contributed by atoms with van der Waals surface area (Å²) in [6, 6.07) is 9.36. The monoisotopic (exact) mass is 433 g/mol. The molecule has 1 aromatic carbocycles. The Morgan fingerprint density at radius 2 is 2.07 bits per heavy atom. The Morgan fingerprint density at radius 1 is 1.30 bits per heavy atom. The number of benzene rings is 1. The number of ether oxygens (including phenoxy) is 1. The van der Waals surface area contributed by atoms with Crippen LogP contribution in [0.4, 0.5) is 0 Å². The highest BCUT2D eigenvalue weighted by Gasteiger charge is 2.29. The number of aliphatic imine (C=N–C) groups is 1. The third-order valence-corrected chi connectivity index (χ3v) is 6.54. The largest absolute Gasteiger partial charge is 0.489 e. The molecule has 30 heavy (non-hydrogen) atoms. The van der Waals surface area contributed by atoms with Gasteiger partial charge in [0.15, 0.2) is 5.96 Å². The summed E-state index contributed by atoms with van der Waals surface area (Å²) >= 11 is 0. The molecule has 0 spiro atoms. The smallest absolute Gasteiger partial charge is 0.220 e. The topological polar surface area (TPSA) is 100 Å². The first-order valence-electron chi connectivity index (χ1n) is 9.68. The Morgan fingerprint density at radius 3 is 2.73 bits per heavy atom. The van der Waals surface area contributed by atoms with Crippen LogP contribution in [-0.2, 0) is 22.3 Å². The number of rotatable bonds is 8. The van der Waals surface area contributed by atoms with Gasteiger partial charge in [-0.15, -0.1) is 0 Å². The maximum atomic E-state index is 12.6. The van der Waals surface area contributed by atoms with Gasteiger partial charge in [0.05, 0.1) is 5.69 Å². The summed E-state index contributed by atoms with van der Waals surface area (Å²) < 4.78 is 37.1. The van der Waals surface area contributed by atoms with Gasteiger partial charge in [-0.2, -0.15) is 4.31 Å². The van der Waals surface area contributed by atoms with Crippen molar-refractivity contribution in [2.24, 2.45) is 4.99 Å². The fourth-order valence-corrected chi connectivity index (χ4v) is 4.64. The van der Waals surface area contributed by atoms with E-state index in [4.69, 9.17) is 9.26 Å². The van der Waals surface area contributed by atoms with Gasteiger partial charge >= 0.3 is 0 Å². The molecule has 2 aromatic rings. The summed E-state index contributed by atoms with van der Waals surface area (Å²) in [7, 11) is -1.71. The van der Waals surface area contributed by atoms with Crippen LogP contribution in [0.25, 0.3) is 0 Å². The van der Waals surface area contributed by atoms with Crippen LogP contribution in [-0.4, -0.2) is 68.6 Å². The predicted octanol–water partition coefficient (Wildman–Crippen LogP) is 1.46. The SMILES string of the molecule is C=CCOc1ccccc1CNC(=NC)N1CCN(S(=O)(=O)Cc2ccon2)CC1. The molecular weight excluding hydrogens is 406 g/mol. The van der Waals surface area contributed by atoms with Gasteiger partial charge in [0.1, 0.15) is 24.4 Å². The maximum absolute atomic E-state index is 12.6. The van der Waals surface area contributed by atoms with Crippen molar-refractivity contribution in [3.8, 4) is 5.75 Å². The number of aromatic nitrogens is 1. The Balaban J connectivity index is 1.55. The number of hydrogen-bond acceptors (Lipinski definition) is 6. The lowest BCUT2D eigenvalue weighted by molar-refractivity contribution is 0.259. The van der Waals surface area contributed by atoms with Crippen molar-refractivity contribution < 1.29 is 17.7 Å². The van der Waals surface area contributed by atoms with Crippen molar-refractivity contribution >= 4 is 16.0 Å². The molecule has 0 bridgehead atoms. The fourth-order valence-electron chi connectivity index (χ4n) is 3.21. The Labute approximate surface area is 177 Å². The number of sulfonamides is 1.